The maximum atomic E-state index is 9.32. The van der Waals surface area contributed by atoms with Crippen LogP contribution in [-0.4, -0.2) is 23.4 Å². The minimum absolute atomic E-state index is 0.365. The number of hydrogen-bond donors (Lipinski definition) is 1. The molecule has 0 rings (SSSR count). The Morgan fingerprint density at radius 1 is 0.947 bits per heavy atom. The van der Waals surface area contributed by atoms with Crippen molar-refractivity contribution in [1.82, 2.24) is 0 Å². The van der Waals surface area contributed by atoms with E-state index in [-0.39, 0.29) is 6.10 Å². The zero-order valence-corrected chi connectivity index (χ0v) is 13.8. The van der Waals surface area contributed by atoms with E-state index in [1.165, 1.54) is 25.7 Å². The van der Waals surface area contributed by atoms with Crippen LogP contribution in [0.15, 0.2) is 0 Å². The van der Waals surface area contributed by atoms with Gasteiger partial charge in [-0.05, 0) is 39.0 Å². The molecular formula is C16H34O3. The second-order valence-electron chi connectivity index (χ2n) is 7.44. The normalized spacial score (nSPS) is 14.7. The number of aliphatic hydroxyl groups is 1. The maximum Gasteiger partial charge on any atom is 0.100 e. The van der Waals surface area contributed by atoms with Crippen LogP contribution >= 0.6 is 0 Å². The van der Waals surface area contributed by atoms with Crippen LogP contribution in [0.4, 0.5) is 0 Å². The van der Waals surface area contributed by atoms with Crippen molar-refractivity contribution in [3.05, 3.63) is 0 Å². The Morgan fingerprint density at radius 2 is 1.53 bits per heavy atom. The largest absolute Gasteiger partial charge is 0.393 e. The van der Waals surface area contributed by atoms with Crippen LogP contribution in [0.1, 0.15) is 80.1 Å². The van der Waals surface area contributed by atoms with E-state index >= 15 is 0 Å². The molecule has 0 saturated carbocycles. The molecule has 1 N–H and O–H groups in total. The van der Waals surface area contributed by atoms with E-state index in [9.17, 15) is 5.11 Å². The highest BCUT2D eigenvalue weighted by Gasteiger charge is 2.22. The van der Waals surface area contributed by atoms with Gasteiger partial charge in [0.05, 0.1) is 12.7 Å². The van der Waals surface area contributed by atoms with Gasteiger partial charge in [-0.3, -0.25) is 0 Å². The van der Waals surface area contributed by atoms with E-state index in [2.05, 4.69) is 20.8 Å². The SMILES string of the molecule is CC(O)CC(C)(C)OOCCCCCCC(C)(C)C. The minimum Gasteiger partial charge on any atom is -0.393 e. The highest BCUT2D eigenvalue weighted by molar-refractivity contribution is 4.69. The third-order valence-corrected chi connectivity index (χ3v) is 2.98. The van der Waals surface area contributed by atoms with E-state index in [0.29, 0.717) is 18.4 Å². The van der Waals surface area contributed by atoms with Gasteiger partial charge in [0, 0.05) is 6.42 Å². The summed E-state index contributed by atoms with van der Waals surface area (Å²) in [6, 6.07) is 0. The van der Waals surface area contributed by atoms with Crippen molar-refractivity contribution in [3.63, 3.8) is 0 Å². The predicted octanol–water partition coefficient (Wildman–Crippen LogP) is 4.48. The molecule has 1 unspecified atom stereocenters. The van der Waals surface area contributed by atoms with Crippen molar-refractivity contribution in [1.29, 1.82) is 0 Å². The highest BCUT2D eigenvalue weighted by atomic mass is 17.2. The summed E-state index contributed by atoms with van der Waals surface area (Å²) in [6.45, 7) is 13.1. The molecule has 0 aromatic heterocycles. The molecule has 19 heavy (non-hydrogen) atoms. The van der Waals surface area contributed by atoms with Gasteiger partial charge in [0.1, 0.15) is 5.60 Å². The summed E-state index contributed by atoms with van der Waals surface area (Å²) in [5.74, 6) is 0. The average Bonchev–Trinajstić information content (AvgIpc) is 2.18. The molecule has 0 amide bonds. The summed E-state index contributed by atoms with van der Waals surface area (Å²) in [5, 5.41) is 9.32. The summed E-state index contributed by atoms with van der Waals surface area (Å²) in [4.78, 5) is 10.6. The number of aliphatic hydroxyl groups excluding tert-OH is 1. The Balaban J connectivity index is 3.41. The number of rotatable bonds is 10. The lowest BCUT2D eigenvalue weighted by atomic mass is 9.89. The first-order valence-electron chi connectivity index (χ1n) is 7.61. The van der Waals surface area contributed by atoms with Crippen LogP contribution in [-0.2, 0) is 9.78 Å². The molecule has 0 aliphatic heterocycles. The first-order valence-corrected chi connectivity index (χ1v) is 7.61. The van der Waals surface area contributed by atoms with Gasteiger partial charge < -0.3 is 5.11 Å². The zero-order chi connectivity index (χ0) is 14.9. The molecule has 0 saturated heterocycles. The van der Waals surface area contributed by atoms with Crippen LogP contribution in [0.3, 0.4) is 0 Å². The summed E-state index contributed by atoms with van der Waals surface area (Å²) < 4.78 is 0. The lowest BCUT2D eigenvalue weighted by Gasteiger charge is -2.24. The summed E-state index contributed by atoms with van der Waals surface area (Å²) in [6.07, 6.45) is 6.28. The van der Waals surface area contributed by atoms with Crippen molar-refractivity contribution >= 4 is 0 Å². The Morgan fingerprint density at radius 3 is 2.05 bits per heavy atom. The predicted molar refractivity (Wildman–Crippen MR) is 80.0 cm³/mol. The quantitative estimate of drug-likeness (QED) is 0.362. The van der Waals surface area contributed by atoms with Crippen molar-refractivity contribution in [2.75, 3.05) is 6.61 Å². The van der Waals surface area contributed by atoms with E-state index < -0.39 is 5.60 Å². The Kier molecular flexibility index (Phi) is 8.88. The molecular weight excluding hydrogens is 240 g/mol. The number of hydrogen-bond acceptors (Lipinski definition) is 3. The molecule has 0 aromatic carbocycles. The van der Waals surface area contributed by atoms with Crippen molar-refractivity contribution in [2.45, 2.75) is 91.8 Å². The van der Waals surface area contributed by atoms with Gasteiger partial charge in [0.25, 0.3) is 0 Å². The second kappa shape index (κ2) is 8.93. The maximum absolute atomic E-state index is 9.32. The van der Waals surface area contributed by atoms with E-state index in [4.69, 9.17) is 9.78 Å². The lowest BCUT2D eigenvalue weighted by Crippen LogP contribution is -2.29. The molecule has 0 heterocycles. The van der Waals surface area contributed by atoms with Crippen LogP contribution in [0.25, 0.3) is 0 Å². The molecule has 0 radical (unpaired) electrons. The average molecular weight is 274 g/mol. The van der Waals surface area contributed by atoms with Crippen LogP contribution in [0.2, 0.25) is 0 Å². The van der Waals surface area contributed by atoms with Gasteiger partial charge in [0.2, 0.25) is 0 Å². The van der Waals surface area contributed by atoms with Crippen molar-refractivity contribution in [3.8, 4) is 0 Å². The lowest BCUT2D eigenvalue weighted by molar-refractivity contribution is -0.357. The van der Waals surface area contributed by atoms with E-state index in [1.54, 1.807) is 6.92 Å². The Bertz CT molecular complexity index is 217. The van der Waals surface area contributed by atoms with Gasteiger partial charge >= 0.3 is 0 Å². The first-order chi connectivity index (χ1) is 8.62. The van der Waals surface area contributed by atoms with Gasteiger partial charge in [-0.2, -0.15) is 0 Å². The molecule has 3 heteroatoms. The molecule has 3 nitrogen and oxygen atoms in total. The molecule has 0 bridgehead atoms. The molecule has 1 atom stereocenters. The number of unbranched alkanes of at least 4 members (excludes halogenated alkanes) is 3. The second-order valence-corrected chi connectivity index (χ2v) is 7.44. The van der Waals surface area contributed by atoms with Gasteiger partial charge in [-0.15, -0.1) is 0 Å². The summed E-state index contributed by atoms with van der Waals surface area (Å²) in [7, 11) is 0. The van der Waals surface area contributed by atoms with Crippen molar-refractivity contribution in [2.24, 2.45) is 5.41 Å². The summed E-state index contributed by atoms with van der Waals surface area (Å²) in [5.41, 5.74) is 0.0328. The van der Waals surface area contributed by atoms with Crippen molar-refractivity contribution < 1.29 is 14.9 Å². The Hall–Kier alpha value is -0.120. The first kappa shape index (κ1) is 18.9. The molecule has 0 fully saturated rings. The fourth-order valence-electron chi connectivity index (χ4n) is 2.12. The molecule has 0 aliphatic rings. The molecule has 0 spiro atoms. The smallest absolute Gasteiger partial charge is 0.100 e. The minimum atomic E-state index is -0.416. The third-order valence-electron chi connectivity index (χ3n) is 2.98. The molecule has 0 aromatic rings. The third kappa shape index (κ3) is 14.1. The fourth-order valence-corrected chi connectivity index (χ4v) is 2.12. The fraction of sp³-hybridized carbons (Fsp3) is 1.00. The van der Waals surface area contributed by atoms with Crippen LogP contribution in [0, 0.1) is 5.41 Å². The molecule has 116 valence electrons. The topological polar surface area (TPSA) is 38.7 Å². The van der Waals surface area contributed by atoms with E-state index in [0.717, 1.165) is 6.42 Å². The van der Waals surface area contributed by atoms with Gasteiger partial charge in [-0.25, -0.2) is 9.78 Å². The van der Waals surface area contributed by atoms with Gasteiger partial charge in [-0.1, -0.05) is 40.0 Å². The summed E-state index contributed by atoms with van der Waals surface area (Å²) >= 11 is 0. The Labute approximate surface area is 119 Å². The van der Waals surface area contributed by atoms with E-state index in [1.807, 2.05) is 13.8 Å². The molecule has 0 aliphatic carbocycles. The zero-order valence-electron chi connectivity index (χ0n) is 13.8. The highest BCUT2D eigenvalue weighted by Crippen LogP contribution is 2.22. The standard InChI is InChI=1S/C16H34O3/c1-14(17)13-16(5,6)19-18-12-10-8-7-9-11-15(2,3)4/h14,17H,7-13H2,1-6H3. The monoisotopic (exact) mass is 274 g/mol. The van der Waals surface area contributed by atoms with Crippen LogP contribution in [0.5, 0.6) is 0 Å². The van der Waals surface area contributed by atoms with Gasteiger partial charge in [0.15, 0.2) is 0 Å². The van der Waals surface area contributed by atoms with Crippen LogP contribution < -0.4 is 0 Å².